The molecule has 5 nitrogen and oxygen atoms in total. The van der Waals surface area contributed by atoms with Crippen LogP contribution in [0.1, 0.15) is 35.8 Å². The van der Waals surface area contributed by atoms with Crippen LogP contribution in [0.15, 0.2) is 6.20 Å². The monoisotopic (exact) mass is 221 g/mol. The fourth-order valence-electron chi connectivity index (χ4n) is 1.36. The zero-order valence-electron chi connectivity index (χ0n) is 9.49. The molecule has 1 aliphatic carbocycles. The Balaban J connectivity index is 2.11. The number of aromatic nitrogens is 2. The molecule has 1 aromatic heterocycles. The van der Waals surface area contributed by atoms with Crippen LogP contribution >= 0.6 is 0 Å². The summed E-state index contributed by atoms with van der Waals surface area (Å²) in [5, 5.41) is 3.18. The second-order valence-electron chi connectivity index (χ2n) is 3.83. The van der Waals surface area contributed by atoms with E-state index in [-0.39, 0.29) is 5.97 Å². The standard InChI is InChI=1S/C11H15N3O2/c1-3-16-10(15)9-6-12-11(13-7(9)2)14-8-4-5-8/h6,8H,3-5H2,1-2H3,(H,12,13,14). The van der Waals surface area contributed by atoms with E-state index in [2.05, 4.69) is 15.3 Å². The molecule has 0 saturated heterocycles. The van der Waals surface area contributed by atoms with Crippen molar-refractivity contribution in [2.45, 2.75) is 32.7 Å². The van der Waals surface area contributed by atoms with Gasteiger partial charge in [-0.3, -0.25) is 0 Å². The smallest absolute Gasteiger partial charge is 0.341 e. The SMILES string of the molecule is CCOC(=O)c1cnc(NC2CC2)nc1C. The number of anilines is 1. The third-order valence-electron chi connectivity index (χ3n) is 2.39. The number of carbonyl (C=O) groups excluding carboxylic acids is 1. The molecule has 0 aliphatic heterocycles. The van der Waals surface area contributed by atoms with E-state index in [4.69, 9.17) is 4.74 Å². The van der Waals surface area contributed by atoms with Crippen molar-refractivity contribution >= 4 is 11.9 Å². The van der Waals surface area contributed by atoms with E-state index in [0.717, 1.165) is 0 Å². The maximum absolute atomic E-state index is 11.5. The minimum Gasteiger partial charge on any atom is -0.462 e. The Morgan fingerprint density at radius 1 is 1.62 bits per heavy atom. The van der Waals surface area contributed by atoms with Gasteiger partial charge in [-0.2, -0.15) is 0 Å². The molecular weight excluding hydrogens is 206 g/mol. The first-order chi connectivity index (χ1) is 7.70. The van der Waals surface area contributed by atoms with Crippen molar-refractivity contribution in [1.82, 2.24) is 9.97 Å². The molecule has 1 N–H and O–H groups in total. The van der Waals surface area contributed by atoms with E-state index < -0.39 is 0 Å². The minimum absolute atomic E-state index is 0.361. The molecule has 0 amide bonds. The van der Waals surface area contributed by atoms with Gasteiger partial charge in [-0.05, 0) is 26.7 Å². The lowest BCUT2D eigenvalue weighted by Gasteiger charge is -2.07. The summed E-state index contributed by atoms with van der Waals surface area (Å²) in [7, 11) is 0. The van der Waals surface area contributed by atoms with Crippen molar-refractivity contribution in [1.29, 1.82) is 0 Å². The Hall–Kier alpha value is -1.65. The molecule has 0 atom stereocenters. The normalized spacial score (nSPS) is 14.6. The van der Waals surface area contributed by atoms with Gasteiger partial charge in [0.25, 0.3) is 0 Å². The van der Waals surface area contributed by atoms with Crippen LogP contribution in [-0.2, 0) is 4.74 Å². The molecule has 86 valence electrons. The molecule has 1 aromatic rings. The lowest BCUT2D eigenvalue weighted by molar-refractivity contribution is 0.0524. The largest absolute Gasteiger partial charge is 0.462 e. The summed E-state index contributed by atoms with van der Waals surface area (Å²) in [6, 6.07) is 0.507. The van der Waals surface area contributed by atoms with Gasteiger partial charge in [0.15, 0.2) is 0 Å². The number of esters is 1. The molecule has 0 bridgehead atoms. The summed E-state index contributed by atoms with van der Waals surface area (Å²) in [6.45, 7) is 3.92. The Bertz CT molecular complexity index is 402. The number of rotatable bonds is 4. The zero-order chi connectivity index (χ0) is 11.5. The number of hydrogen-bond acceptors (Lipinski definition) is 5. The zero-order valence-corrected chi connectivity index (χ0v) is 9.49. The van der Waals surface area contributed by atoms with E-state index in [1.54, 1.807) is 13.8 Å². The van der Waals surface area contributed by atoms with E-state index in [1.165, 1.54) is 19.0 Å². The molecule has 5 heteroatoms. The highest BCUT2D eigenvalue weighted by molar-refractivity contribution is 5.90. The van der Waals surface area contributed by atoms with Crippen LogP contribution in [0.25, 0.3) is 0 Å². The van der Waals surface area contributed by atoms with E-state index in [9.17, 15) is 4.79 Å². The van der Waals surface area contributed by atoms with Crippen LogP contribution in [0.2, 0.25) is 0 Å². The van der Waals surface area contributed by atoms with Gasteiger partial charge in [-0.25, -0.2) is 14.8 Å². The average Bonchev–Trinajstić information content (AvgIpc) is 3.02. The van der Waals surface area contributed by atoms with Gasteiger partial charge in [0.05, 0.1) is 17.9 Å². The van der Waals surface area contributed by atoms with Crippen molar-refractivity contribution in [2.75, 3.05) is 11.9 Å². The Morgan fingerprint density at radius 3 is 2.94 bits per heavy atom. The molecule has 0 unspecified atom stereocenters. The van der Waals surface area contributed by atoms with Gasteiger partial charge in [-0.15, -0.1) is 0 Å². The van der Waals surface area contributed by atoms with Crippen molar-refractivity contribution in [2.24, 2.45) is 0 Å². The Kier molecular flexibility index (Phi) is 3.03. The number of ether oxygens (including phenoxy) is 1. The number of nitrogens with one attached hydrogen (secondary N) is 1. The topological polar surface area (TPSA) is 64.1 Å². The van der Waals surface area contributed by atoms with Gasteiger partial charge >= 0.3 is 5.97 Å². The summed E-state index contributed by atoms with van der Waals surface area (Å²) in [6.07, 6.45) is 3.86. The molecule has 16 heavy (non-hydrogen) atoms. The van der Waals surface area contributed by atoms with E-state index >= 15 is 0 Å². The minimum atomic E-state index is -0.363. The maximum atomic E-state index is 11.5. The van der Waals surface area contributed by atoms with Crippen LogP contribution in [0.3, 0.4) is 0 Å². The number of aryl methyl sites for hydroxylation is 1. The second-order valence-corrected chi connectivity index (χ2v) is 3.83. The van der Waals surface area contributed by atoms with E-state index in [0.29, 0.717) is 29.9 Å². The second kappa shape index (κ2) is 4.47. The van der Waals surface area contributed by atoms with Crippen LogP contribution in [-0.4, -0.2) is 28.6 Å². The molecule has 1 heterocycles. The fourth-order valence-corrected chi connectivity index (χ4v) is 1.36. The quantitative estimate of drug-likeness (QED) is 0.781. The molecular formula is C11H15N3O2. The summed E-state index contributed by atoms with van der Waals surface area (Å²) < 4.78 is 4.90. The number of carbonyl (C=O) groups is 1. The average molecular weight is 221 g/mol. The molecule has 0 radical (unpaired) electrons. The summed E-state index contributed by atoms with van der Waals surface area (Å²) in [5.74, 6) is 0.228. The van der Waals surface area contributed by atoms with Gasteiger partial charge in [0.2, 0.25) is 5.95 Å². The first-order valence-corrected chi connectivity index (χ1v) is 5.48. The first kappa shape index (κ1) is 10.9. The van der Waals surface area contributed by atoms with Crippen molar-refractivity contribution < 1.29 is 9.53 Å². The highest BCUT2D eigenvalue weighted by Crippen LogP contribution is 2.23. The maximum Gasteiger partial charge on any atom is 0.341 e. The number of nitrogens with zero attached hydrogens (tertiary/aromatic N) is 2. The first-order valence-electron chi connectivity index (χ1n) is 5.48. The summed E-state index contributed by atoms with van der Waals surface area (Å²) >= 11 is 0. The highest BCUT2D eigenvalue weighted by atomic mass is 16.5. The third kappa shape index (κ3) is 2.48. The fraction of sp³-hybridized carbons (Fsp3) is 0.545. The van der Waals surface area contributed by atoms with Gasteiger partial charge in [-0.1, -0.05) is 0 Å². The van der Waals surface area contributed by atoms with Crippen LogP contribution in [0, 0.1) is 6.92 Å². The lowest BCUT2D eigenvalue weighted by Crippen LogP contribution is -2.12. The molecule has 0 spiro atoms. The molecule has 1 saturated carbocycles. The molecule has 2 rings (SSSR count). The van der Waals surface area contributed by atoms with Gasteiger partial charge in [0, 0.05) is 12.2 Å². The van der Waals surface area contributed by atoms with Crippen molar-refractivity contribution in [3.8, 4) is 0 Å². The Morgan fingerprint density at radius 2 is 2.38 bits per heavy atom. The van der Waals surface area contributed by atoms with Gasteiger partial charge in [0.1, 0.15) is 0 Å². The molecule has 0 aromatic carbocycles. The van der Waals surface area contributed by atoms with Crippen LogP contribution in [0.5, 0.6) is 0 Å². The third-order valence-corrected chi connectivity index (χ3v) is 2.39. The predicted molar refractivity (Wildman–Crippen MR) is 59.4 cm³/mol. The molecule has 1 fully saturated rings. The van der Waals surface area contributed by atoms with Gasteiger partial charge < -0.3 is 10.1 Å². The van der Waals surface area contributed by atoms with Crippen molar-refractivity contribution in [3.05, 3.63) is 17.5 Å². The van der Waals surface area contributed by atoms with Crippen LogP contribution in [0.4, 0.5) is 5.95 Å². The highest BCUT2D eigenvalue weighted by Gasteiger charge is 2.22. The Labute approximate surface area is 94.2 Å². The van der Waals surface area contributed by atoms with Crippen molar-refractivity contribution in [3.63, 3.8) is 0 Å². The summed E-state index contributed by atoms with van der Waals surface area (Å²) in [5.41, 5.74) is 1.08. The van der Waals surface area contributed by atoms with Crippen LogP contribution < -0.4 is 5.32 Å². The lowest BCUT2D eigenvalue weighted by atomic mass is 10.2. The summed E-state index contributed by atoms with van der Waals surface area (Å²) in [4.78, 5) is 19.8. The number of hydrogen-bond donors (Lipinski definition) is 1. The van der Waals surface area contributed by atoms with E-state index in [1.807, 2.05) is 0 Å². The molecule has 1 aliphatic rings. The predicted octanol–water partition coefficient (Wildman–Crippen LogP) is 1.54.